The molecule has 9 nitrogen and oxygen atoms in total. The maximum atomic E-state index is 14.3. The Kier molecular flexibility index (Phi) is 9.68. The van der Waals surface area contributed by atoms with Gasteiger partial charge in [-0.1, -0.05) is 41.5 Å². The van der Waals surface area contributed by atoms with E-state index >= 15 is 0 Å². The van der Waals surface area contributed by atoms with Crippen LogP contribution in [0.15, 0.2) is 89.5 Å². The highest BCUT2D eigenvalue weighted by molar-refractivity contribution is 6.01. The smallest absolute Gasteiger partial charge is 0.252 e. The van der Waals surface area contributed by atoms with Crippen molar-refractivity contribution in [3.8, 4) is 5.75 Å². The lowest BCUT2D eigenvalue weighted by atomic mass is 9.82. The molecule has 4 rings (SSSR count). The lowest BCUT2D eigenvalue weighted by Gasteiger charge is -2.30. The number of benzene rings is 3. The molecule has 212 valence electrons. The zero-order chi connectivity index (χ0) is 29.2. The van der Waals surface area contributed by atoms with E-state index in [9.17, 15) is 13.6 Å². The Labute approximate surface area is 235 Å². The Balaban J connectivity index is 1.73. The van der Waals surface area contributed by atoms with E-state index in [0.717, 1.165) is 12.1 Å². The molecule has 0 unspecified atom stereocenters. The molecule has 2 N–H and O–H groups in total. The molecular weight excluding hydrogens is 532 g/mol. The maximum Gasteiger partial charge on any atom is 0.252 e. The number of nitrogens with one attached hydrogen (secondary N) is 1. The lowest BCUT2D eigenvalue weighted by Crippen LogP contribution is -2.48. The number of aliphatic hydroxyl groups excluding tert-OH is 1. The van der Waals surface area contributed by atoms with Gasteiger partial charge in [0.2, 0.25) is 5.90 Å². The van der Waals surface area contributed by atoms with Crippen molar-refractivity contribution in [3.63, 3.8) is 0 Å². The van der Waals surface area contributed by atoms with Gasteiger partial charge >= 0.3 is 0 Å². The number of carbonyl (C=O) groups excluding carboxylic acids is 1. The molecule has 0 fully saturated rings. The number of hydrogen-bond donors (Lipinski definition) is 2. The first-order valence-electron chi connectivity index (χ1n) is 12.9. The number of halogens is 2. The lowest BCUT2D eigenvalue weighted by molar-refractivity contribution is -0.129. The molecule has 0 spiro atoms. The van der Waals surface area contributed by atoms with Crippen LogP contribution in [0.5, 0.6) is 5.75 Å². The molecule has 1 aliphatic rings. The van der Waals surface area contributed by atoms with Gasteiger partial charge in [-0.15, -0.1) is 6.58 Å². The topological polar surface area (TPSA) is 129 Å². The van der Waals surface area contributed by atoms with E-state index in [0.29, 0.717) is 35.5 Å². The standard InChI is InChI=1S/C30H29F2N5O4/c1-2-14-30(29(39)34-18-22-8-11-23(31)17-26(22)32)27(25-7-4-3-6-21(25)19-35-37-33)41-28(36-30)20-9-12-24(13-10-20)40-16-5-15-38/h2-4,6-13,17,27,38H,1,5,14-16,18-19H2,(H,34,39)/t27-,30-/m1/s1. The molecule has 0 bridgehead atoms. The van der Waals surface area contributed by atoms with Gasteiger partial charge in [0.25, 0.3) is 5.91 Å². The van der Waals surface area contributed by atoms with Crippen molar-refractivity contribution >= 4 is 11.8 Å². The number of nitrogens with zero attached hydrogens (tertiary/aromatic N) is 4. The molecule has 11 heteroatoms. The fourth-order valence-corrected chi connectivity index (χ4v) is 4.55. The maximum absolute atomic E-state index is 14.3. The zero-order valence-electron chi connectivity index (χ0n) is 22.2. The quantitative estimate of drug-likeness (QED) is 0.0914. The highest BCUT2D eigenvalue weighted by Gasteiger charge is 2.52. The van der Waals surface area contributed by atoms with Crippen LogP contribution < -0.4 is 10.1 Å². The molecule has 0 aromatic heterocycles. The summed E-state index contributed by atoms with van der Waals surface area (Å²) in [6, 6.07) is 17.2. The number of ether oxygens (including phenoxy) is 2. The molecule has 1 aliphatic heterocycles. The summed E-state index contributed by atoms with van der Waals surface area (Å²) in [6.45, 7) is 4.02. The van der Waals surface area contributed by atoms with Crippen LogP contribution in [-0.2, 0) is 22.6 Å². The summed E-state index contributed by atoms with van der Waals surface area (Å²) in [5.41, 5.74) is 9.29. The Morgan fingerprint density at radius 1 is 1.20 bits per heavy atom. The third kappa shape index (κ3) is 6.71. The Morgan fingerprint density at radius 2 is 1.98 bits per heavy atom. The Morgan fingerprint density at radius 3 is 2.68 bits per heavy atom. The van der Waals surface area contributed by atoms with Crippen molar-refractivity contribution < 1.29 is 28.2 Å². The van der Waals surface area contributed by atoms with Crippen molar-refractivity contribution in [2.75, 3.05) is 13.2 Å². The molecule has 0 radical (unpaired) electrons. The van der Waals surface area contributed by atoms with E-state index in [2.05, 4.69) is 21.9 Å². The van der Waals surface area contributed by atoms with Gasteiger partial charge in [0.15, 0.2) is 11.6 Å². The average molecular weight is 562 g/mol. The van der Waals surface area contributed by atoms with Gasteiger partial charge in [0.05, 0.1) is 13.2 Å². The fourth-order valence-electron chi connectivity index (χ4n) is 4.55. The molecule has 1 amide bonds. The summed E-state index contributed by atoms with van der Waals surface area (Å²) in [6.07, 6.45) is 1.17. The highest BCUT2D eigenvalue weighted by Crippen LogP contribution is 2.44. The van der Waals surface area contributed by atoms with Crippen molar-refractivity contribution in [2.24, 2.45) is 10.1 Å². The fraction of sp³-hybridized carbons (Fsp3) is 0.267. The summed E-state index contributed by atoms with van der Waals surface area (Å²) in [5, 5.41) is 15.4. The van der Waals surface area contributed by atoms with Crippen molar-refractivity contribution in [1.82, 2.24) is 5.32 Å². The van der Waals surface area contributed by atoms with Gasteiger partial charge < -0.3 is 19.9 Å². The van der Waals surface area contributed by atoms with Gasteiger partial charge in [0.1, 0.15) is 17.4 Å². The average Bonchev–Trinajstić information content (AvgIpc) is 3.36. The zero-order valence-corrected chi connectivity index (χ0v) is 22.2. The second kappa shape index (κ2) is 13.6. The van der Waals surface area contributed by atoms with Gasteiger partial charge in [-0.3, -0.25) is 4.79 Å². The minimum Gasteiger partial charge on any atom is -0.494 e. The van der Waals surface area contributed by atoms with E-state index in [4.69, 9.17) is 25.1 Å². The summed E-state index contributed by atoms with van der Waals surface area (Å²) in [4.78, 5) is 21.6. The second-order valence-electron chi connectivity index (χ2n) is 9.29. The van der Waals surface area contributed by atoms with E-state index in [-0.39, 0.29) is 37.6 Å². The van der Waals surface area contributed by atoms with E-state index in [1.807, 2.05) is 0 Å². The largest absolute Gasteiger partial charge is 0.494 e. The van der Waals surface area contributed by atoms with E-state index in [1.165, 1.54) is 6.07 Å². The molecule has 41 heavy (non-hydrogen) atoms. The van der Waals surface area contributed by atoms with E-state index in [1.54, 1.807) is 54.6 Å². The summed E-state index contributed by atoms with van der Waals surface area (Å²) >= 11 is 0. The first-order chi connectivity index (χ1) is 19.9. The SMILES string of the molecule is C=CC[C@@]1(C(=O)NCc2ccc(F)cc2F)N=C(c2ccc(OCCCO)cc2)O[C@@H]1c1ccccc1CN=[N+]=[N-]. The normalized spacial score (nSPS) is 17.6. The molecule has 2 atom stereocenters. The third-order valence-corrected chi connectivity index (χ3v) is 6.58. The van der Waals surface area contributed by atoms with Gasteiger partial charge in [-0.25, -0.2) is 13.8 Å². The minimum atomic E-state index is -1.55. The van der Waals surface area contributed by atoms with Crippen LogP contribution in [0.25, 0.3) is 10.4 Å². The molecule has 0 saturated heterocycles. The van der Waals surface area contributed by atoms with Crippen molar-refractivity contribution in [2.45, 2.75) is 37.6 Å². The number of carbonyl (C=O) groups is 1. The Bertz CT molecular complexity index is 1470. The van der Waals surface area contributed by atoms with Crippen molar-refractivity contribution in [3.05, 3.63) is 124 Å². The number of rotatable bonds is 13. The molecular formula is C30H29F2N5O4. The van der Waals surface area contributed by atoms with E-state index < -0.39 is 29.2 Å². The number of azide groups is 1. The summed E-state index contributed by atoms with van der Waals surface area (Å²) in [7, 11) is 0. The van der Waals surface area contributed by atoms with Gasteiger partial charge in [0, 0.05) is 48.1 Å². The molecule has 0 saturated carbocycles. The summed E-state index contributed by atoms with van der Waals surface area (Å²) < 4.78 is 39.7. The molecule has 0 aliphatic carbocycles. The number of aliphatic hydroxyl groups is 1. The van der Waals surface area contributed by atoms with Crippen LogP contribution in [0, 0.1) is 11.6 Å². The van der Waals surface area contributed by atoms with Crippen LogP contribution in [-0.4, -0.2) is 35.7 Å². The first kappa shape index (κ1) is 29.3. The van der Waals surface area contributed by atoms with Crippen molar-refractivity contribution in [1.29, 1.82) is 0 Å². The van der Waals surface area contributed by atoms with Crippen LogP contribution in [0.2, 0.25) is 0 Å². The van der Waals surface area contributed by atoms with Crippen LogP contribution in [0.3, 0.4) is 0 Å². The predicted molar refractivity (Wildman–Crippen MR) is 149 cm³/mol. The highest BCUT2D eigenvalue weighted by atomic mass is 19.1. The summed E-state index contributed by atoms with van der Waals surface area (Å²) in [5.74, 6) is -1.27. The third-order valence-electron chi connectivity index (χ3n) is 6.58. The molecule has 3 aromatic carbocycles. The monoisotopic (exact) mass is 561 g/mol. The van der Waals surface area contributed by atoms with Crippen LogP contribution in [0.1, 0.15) is 41.2 Å². The predicted octanol–water partition coefficient (Wildman–Crippen LogP) is 5.69. The number of aliphatic imine (C=N–C) groups is 1. The Hall–Kier alpha value is -4.73. The van der Waals surface area contributed by atoms with Crippen LogP contribution in [0.4, 0.5) is 8.78 Å². The minimum absolute atomic E-state index is 0.0204. The number of hydrogen-bond acceptors (Lipinski definition) is 6. The van der Waals surface area contributed by atoms with Crippen LogP contribution >= 0.6 is 0 Å². The number of amides is 1. The first-order valence-corrected chi connectivity index (χ1v) is 12.9. The molecule has 1 heterocycles. The van der Waals surface area contributed by atoms with Gasteiger partial charge in [-0.05, 0) is 47.0 Å². The van der Waals surface area contributed by atoms with Gasteiger partial charge in [-0.2, -0.15) is 0 Å². The second-order valence-corrected chi connectivity index (χ2v) is 9.29. The molecule has 3 aromatic rings.